The van der Waals surface area contributed by atoms with Crippen LogP contribution >= 0.6 is 22.6 Å². The molecule has 0 spiro atoms. The van der Waals surface area contributed by atoms with Crippen LogP contribution in [-0.2, 0) is 15.3 Å². The van der Waals surface area contributed by atoms with Crippen LogP contribution in [0.1, 0.15) is 40.7 Å². The first-order valence-electron chi connectivity index (χ1n) is 10.3. The van der Waals surface area contributed by atoms with E-state index in [1.807, 2.05) is 12.1 Å². The summed E-state index contributed by atoms with van der Waals surface area (Å²) in [6, 6.07) is 14.6. The van der Waals surface area contributed by atoms with Crippen LogP contribution < -0.4 is 0 Å². The molecule has 1 aromatic heterocycles. The van der Waals surface area contributed by atoms with Crippen molar-refractivity contribution in [1.29, 1.82) is 0 Å². The minimum absolute atomic E-state index is 0.0105. The summed E-state index contributed by atoms with van der Waals surface area (Å²) in [5, 5.41) is 1.09. The number of hydrogen-bond acceptors (Lipinski definition) is 3. The van der Waals surface area contributed by atoms with Crippen molar-refractivity contribution in [2.75, 3.05) is 24.6 Å². The van der Waals surface area contributed by atoms with Crippen molar-refractivity contribution >= 4 is 49.2 Å². The summed E-state index contributed by atoms with van der Waals surface area (Å²) in [6.07, 6.45) is 5.46. The van der Waals surface area contributed by atoms with Gasteiger partial charge in [-0.05, 0) is 64.8 Å². The topological polar surface area (TPSA) is 70.2 Å². The quantitative estimate of drug-likeness (QED) is 0.515. The van der Waals surface area contributed by atoms with Crippen molar-refractivity contribution in [1.82, 2.24) is 9.88 Å². The third kappa shape index (κ3) is 3.26. The first kappa shape index (κ1) is 20.1. The fraction of sp³-hybridized carbons (Fsp3) is 0.348. The highest BCUT2D eigenvalue weighted by molar-refractivity contribution is 14.1. The lowest BCUT2D eigenvalue weighted by molar-refractivity contribution is 0.0772. The fourth-order valence-electron chi connectivity index (χ4n) is 4.83. The minimum atomic E-state index is -3.02. The van der Waals surface area contributed by atoms with Gasteiger partial charge in [0.1, 0.15) is 0 Å². The summed E-state index contributed by atoms with van der Waals surface area (Å²) in [5.41, 5.74) is 4.04. The molecule has 7 heteroatoms. The van der Waals surface area contributed by atoms with E-state index in [0.29, 0.717) is 5.56 Å². The summed E-state index contributed by atoms with van der Waals surface area (Å²) in [6.45, 7) is 0.523. The first-order chi connectivity index (χ1) is 14.4. The standard InChI is InChI=1S/C23H23IN2O3S/c24-17-7-5-16(6-8-17)23(9-2-10-23)20-15-25-21-18(20)3-1-4-19(21)22(27)26-11-13-30(28,29)14-12-26/h1,3-8,15,25H,2,9-14H2. The van der Waals surface area contributed by atoms with Gasteiger partial charge in [-0.25, -0.2) is 8.42 Å². The van der Waals surface area contributed by atoms with Crippen molar-refractivity contribution in [2.24, 2.45) is 0 Å². The molecule has 1 amide bonds. The van der Waals surface area contributed by atoms with Crippen molar-refractivity contribution < 1.29 is 13.2 Å². The minimum Gasteiger partial charge on any atom is -0.360 e. The van der Waals surface area contributed by atoms with E-state index in [-0.39, 0.29) is 35.9 Å². The van der Waals surface area contributed by atoms with E-state index in [4.69, 9.17) is 0 Å². The maximum atomic E-state index is 13.2. The normalized spacial score (nSPS) is 20.1. The SMILES string of the molecule is O=C(c1cccc2c(C3(c4ccc(I)cc4)CCC3)c[nH]c12)N1CCS(=O)(=O)CC1. The number of aromatic nitrogens is 1. The molecule has 2 aliphatic rings. The van der Waals surface area contributed by atoms with E-state index in [1.54, 1.807) is 4.90 Å². The van der Waals surface area contributed by atoms with Crippen molar-refractivity contribution in [3.05, 3.63) is 68.9 Å². The Morgan fingerprint density at radius 3 is 2.37 bits per heavy atom. The third-order valence-electron chi connectivity index (χ3n) is 6.70. The van der Waals surface area contributed by atoms with Gasteiger partial charge in [-0.2, -0.15) is 0 Å². The Balaban J connectivity index is 1.54. The highest BCUT2D eigenvalue weighted by Crippen LogP contribution is 2.51. The molecule has 30 heavy (non-hydrogen) atoms. The Kier molecular flexibility index (Phi) is 4.93. The lowest BCUT2D eigenvalue weighted by Crippen LogP contribution is -2.43. The largest absolute Gasteiger partial charge is 0.360 e. The van der Waals surface area contributed by atoms with Crippen LogP contribution in [0.2, 0.25) is 0 Å². The summed E-state index contributed by atoms with van der Waals surface area (Å²) in [7, 11) is -3.02. The molecule has 1 saturated heterocycles. The zero-order valence-corrected chi connectivity index (χ0v) is 19.5. The Bertz CT molecular complexity index is 1210. The molecule has 0 atom stereocenters. The number of halogens is 1. The highest BCUT2D eigenvalue weighted by Gasteiger charge is 2.42. The van der Waals surface area contributed by atoms with E-state index in [2.05, 4.69) is 64.1 Å². The number of H-pyrrole nitrogens is 1. The van der Waals surface area contributed by atoms with Gasteiger partial charge < -0.3 is 9.88 Å². The maximum Gasteiger partial charge on any atom is 0.256 e. The molecule has 5 rings (SSSR count). The number of sulfone groups is 1. The number of fused-ring (bicyclic) bond motifs is 1. The average Bonchev–Trinajstić information content (AvgIpc) is 3.13. The Morgan fingerprint density at radius 1 is 1.03 bits per heavy atom. The molecular formula is C23H23IN2O3S. The Hall–Kier alpha value is -1.87. The number of nitrogens with one attached hydrogen (secondary N) is 1. The molecule has 156 valence electrons. The monoisotopic (exact) mass is 534 g/mol. The molecule has 2 heterocycles. The van der Waals surface area contributed by atoms with Gasteiger partial charge in [0.15, 0.2) is 9.84 Å². The van der Waals surface area contributed by atoms with Gasteiger partial charge in [-0.1, -0.05) is 30.7 Å². The second-order valence-corrected chi connectivity index (χ2v) is 11.9. The summed E-state index contributed by atoms with van der Waals surface area (Å²) >= 11 is 2.33. The first-order valence-corrected chi connectivity index (χ1v) is 13.2. The van der Waals surface area contributed by atoms with Gasteiger partial charge in [-0.3, -0.25) is 4.79 Å². The van der Waals surface area contributed by atoms with Gasteiger partial charge in [0.05, 0.1) is 22.6 Å². The second kappa shape index (κ2) is 7.37. The number of benzene rings is 2. The highest BCUT2D eigenvalue weighted by atomic mass is 127. The van der Waals surface area contributed by atoms with Crippen LogP contribution in [0.5, 0.6) is 0 Å². The van der Waals surface area contributed by atoms with Gasteiger partial charge in [0, 0.05) is 33.7 Å². The maximum absolute atomic E-state index is 13.2. The molecule has 3 aromatic rings. The molecule has 0 radical (unpaired) electrons. The predicted octanol–water partition coefficient (Wildman–Crippen LogP) is 4.11. The molecule has 2 aromatic carbocycles. The number of carbonyl (C=O) groups excluding carboxylic acids is 1. The number of nitrogens with zero attached hydrogens (tertiary/aromatic N) is 1. The van der Waals surface area contributed by atoms with E-state index in [1.165, 1.54) is 21.1 Å². The molecule has 0 bridgehead atoms. The molecular weight excluding hydrogens is 511 g/mol. The van der Waals surface area contributed by atoms with Crippen LogP contribution in [0, 0.1) is 3.57 Å². The number of hydrogen-bond donors (Lipinski definition) is 1. The molecule has 5 nitrogen and oxygen atoms in total. The third-order valence-corrected chi connectivity index (χ3v) is 9.03. The van der Waals surface area contributed by atoms with Crippen molar-refractivity contribution in [3.63, 3.8) is 0 Å². The smallest absolute Gasteiger partial charge is 0.256 e. The van der Waals surface area contributed by atoms with Gasteiger partial charge in [0.25, 0.3) is 5.91 Å². The van der Waals surface area contributed by atoms with Crippen molar-refractivity contribution in [2.45, 2.75) is 24.7 Å². The van der Waals surface area contributed by atoms with E-state index in [0.717, 1.165) is 23.7 Å². The van der Waals surface area contributed by atoms with E-state index >= 15 is 0 Å². The van der Waals surface area contributed by atoms with E-state index < -0.39 is 9.84 Å². The van der Waals surface area contributed by atoms with Gasteiger partial charge in [0.2, 0.25) is 0 Å². The zero-order chi connectivity index (χ0) is 20.9. The number of para-hydroxylation sites is 1. The van der Waals surface area contributed by atoms with Crippen LogP contribution in [0.25, 0.3) is 10.9 Å². The molecule has 0 unspecified atom stereocenters. The summed E-state index contributed by atoms with van der Waals surface area (Å²) in [4.78, 5) is 18.2. The number of amides is 1. The lowest BCUT2D eigenvalue weighted by atomic mass is 9.60. The van der Waals surface area contributed by atoms with Crippen LogP contribution in [0.4, 0.5) is 0 Å². The van der Waals surface area contributed by atoms with Crippen LogP contribution in [0.15, 0.2) is 48.7 Å². The molecule has 1 saturated carbocycles. The molecule has 2 fully saturated rings. The second-order valence-electron chi connectivity index (χ2n) is 8.32. The van der Waals surface area contributed by atoms with Crippen LogP contribution in [0.3, 0.4) is 0 Å². The lowest BCUT2D eigenvalue weighted by Gasteiger charge is -2.42. The fourth-order valence-corrected chi connectivity index (χ4v) is 6.39. The van der Waals surface area contributed by atoms with Gasteiger partial charge in [-0.15, -0.1) is 0 Å². The summed E-state index contributed by atoms with van der Waals surface area (Å²) < 4.78 is 24.7. The molecule has 1 aliphatic heterocycles. The zero-order valence-electron chi connectivity index (χ0n) is 16.5. The Labute approximate surface area is 189 Å². The Morgan fingerprint density at radius 2 is 1.73 bits per heavy atom. The number of aromatic amines is 1. The predicted molar refractivity (Wildman–Crippen MR) is 127 cm³/mol. The average molecular weight is 534 g/mol. The molecule has 1 N–H and O–H groups in total. The number of carbonyl (C=O) groups is 1. The molecule has 1 aliphatic carbocycles. The van der Waals surface area contributed by atoms with Gasteiger partial charge >= 0.3 is 0 Å². The van der Waals surface area contributed by atoms with Crippen LogP contribution in [-0.4, -0.2) is 48.8 Å². The van der Waals surface area contributed by atoms with E-state index in [9.17, 15) is 13.2 Å². The summed E-state index contributed by atoms with van der Waals surface area (Å²) in [5.74, 6) is -0.0119. The van der Waals surface area contributed by atoms with Crippen molar-refractivity contribution in [3.8, 4) is 0 Å². The number of rotatable bonds is 3.